The molecule has 0 fully saturated rings. The molecule has 146 valence electrons. The van der Waals surface area contributed by atoms with Crippen LogP contribution in [0.2, 0.25) is 0 Å². The molecule has 7 heteroatoms. The van der Waals surface area contributed by atoms with Gasteiger partial charge in [-0.1, -0.05) is 36.4 Å². The third kappa shape index (κ3) is 3.46. The molecular weight excluding hydrogens is 384 g/mol. The molecule has 0 radical (unpaired) electrons. The normalized spacial score (nSPS) is 11.8. The van der Waals surface area contributed by atoms with Crippen molar-refractivity contribution >= 4 is 26.7 Å². The zero-order chi connectivity index (χ0) is 20.6. The van der Waals surface area contributed by atoms with Crippen LogP contribution in [0, 0.1) is 0 Å². The summed E-state index contributed by atoms with van der Waals surface area (Å²) in [6, 6.07) is 19.4. The lowest BCUT2D eigenvalue weighted by molar-refractivity contribution is 0.521. The third-order valence-electron chi connectivity index (χ3n) is 4.80. The second-order valence-electron chi connectivity index (χ2n) is 6.85. The number of sulfonamides is 1. The van der Waals surface area contributed by atoms with E-state index in [0.29, 0.717) is 5.56 Å². The van der Waals surface area contributed by atoms with Gasteiger partial charge in [-0.2, -0.15) is 0 Å². The largest absolute Gasteiger partial charge is 0.383 e. The maximum Gasteiger partial charge on any atom is 0.246 e. The molecule has 0 aliphatic carbocycles. The number of nitrogens with two attached hydrogens (primary N) is 1. The van der Waals surface area contributed by atoms with Crippen molar-refractivity contribution in [3.8, 4) is 22.3 Å². The maximum absolute atomic E-state index is 12.6. The van der Waals surface area contributed by atoms with Gasteiger partial charge < -0.3 is 5.73 Å². The summed E-state index contributed by atoms with van der Waals surface area (Å²) in [5.41, 5.74) is 10.4. The van der Waals surface area contributed by atoms with Gasteiger partial charge in [-0.05, 0) is 41.0 Å². The number of benzene rings is 2. The molecule has 4 rings (SSSR count). The summed E-state index contributed by atoms with van der Waals surface area (Å²) >= 11 is 0. The molecule has 0 atom stereocenters. The fourth-order valence-electron chi connectivity index (χ4n) is 3.21. The number of rotatable bonds is 4. The summed E-state index contributed by atoms with van der Waals surface area (Å²) in [4.78, 5) is 8.57. The van der Waals surface area contributed by atoms with Gasteiger partial charge in [0, 0.05) is 37.4 Å². The van der Waals surface area contributed by atoms with E-state index >= 15 is 0 Å². The molecule has 0 saturated carbocycles. The van der Waals surface area contributed by atoms with Gasteiger partial charge in [0.1, 0.15) is 10.7 Å². The Morgan fingerprint density at radius 3 is 2.34 bits per heavy atom. The van der Waals surface area contributed by atoms with Crippen LogP contribution in [-0.2, 0) is 10.0 Å². The first-order chi connectivity index (χ1) is 13.9. The summed E-state index contributed by atoms with van der Waals surface area (Å²) in [5.74, 6) is -0.0186. The van der Waals surface area contributed by atoms with Crippen LogP contribution in [-0.4, -0.2) is 36.8 Å². The number of hydrogen-bond acceptors (Lipinski definition) is 5. The number of hydrogen-bond donors (Lipinski definition) is 1. The van der Waals surface area contributed by atoms with Gasteiger partial charge in [-0.15, -0.1) is 0 Å². The summed E-state index contributed by atoms with van der Waals surface area (Å²) in [6.45, 7) is 0. The second kappa shape index (κ2) is 7.27. The average molecular weight is 404 g/mol. The Hall–Kier alpha value is -3.29. The van der Waals surface area contributed by atoms with Gasteiger partial charge in [0.2, 0.25) is 10.0 Å². The van der Waals surface area contributed by atoms with Crippen LogP contribution in [0.25, 0.3) is 33.2 Å². The Morgan fingerprint density at radius 2 is 1.62 bits per heavy atom. The van der Waals surface area contributed by atoms with Crippen molar-refractivity contribution in [1.29, 1.82) is 0 Å². The first-order valence-corrected chi connectivity index (χ1v) is 10.4. The second-order valence-corrected chi connectivity index (χ2v) is 8.97. The van der Waals surface area contributed by atoms with Crippen LogP contribution >= 0.6 is 0 Å². The molecule has 2 N–H and O–H groups in total. The van der Waals surface area contributed by atoms with Crippen LogP contribution in [0.5, 0.6) is 0 Å². The molecule has 2 heterocycles. The highest BCUT2D eigenvalue weighted by atomic mass is 32.2. The van der Waals surface area contributed by atoms with Crippen LogP contribution in [0.4, 0.5) is 5.82 Å². The van der Waals surface area contributed by atoms with Crippen molar-refractivity contribution < 1.29 is 8.42 Å². The lowest BCUT2D eigenvalue weighted by Gasteiger charge is -2.14. The summed E-state index contributed by atoms with van der Waals surface area (Å²) in [7, 11) is -0.763. The lowest BCUT2D eigenvalue weighted by Crippen LogP contribution is -2.23. The monoisotopic (exact) mass is 404 g/mol. The zero-order valence-electron chi connectivity index (χ0n) is 16.1. The van der Waals surface area contributed by atoms with E-state index in [1.165, 1.54) is 14.1 Å². The van der Waals surface area contributed by atoms with Crippen molar-refractivity contribution in [2.24, 2.45) is 0 Å². The fourth-order valence-corrected chi connectivity index (χ4v) is 4.20. The third-order valence-corrected chi connectivity index (χ3v) is 6.64. The first-order valence-electron chi connectivity index (χ1n) is 9.00. The minimum Gasteiger partial charge on any atom is -0.383 e. The van der Waals surface area contributed by atoms with Crippen LogP contribution in [0.15, 0.2) is 78.0 Å². The number of nitrogens with zero attached hydrogens (tertiary/aromatic N) is 3. The van der Waals surface area contributed by atoms with E-state index in [-0.39, 0.29) is 10.7 Å². The standard InChI is InChI=1S/C22H20N4O2S/c1-26(2)29(27,28)21-13-17(14-25-22(21)23)16-8-9-20-19(12-16)18(10-11-24-20)15-6-4-3-5-7-15/h3-14H,1-2H3,(H2,23,25). The highest BCUT2D eigenvalue weighted by Crippen LogP contribution is 2.32. The van der Waals surface area contributed by atoms with Crippen LogP contribution < -0.4 is 5.73 Å². The minimum absolute atomic E-state index is 0.00503. The predicted octanol–water partition coefficient (Wildman–Crippen LogP) is 3.80. The molecule has 0 aliphatic rings. The van der Waals surface area contributed by atoms with E-state index in [1.54, 1.807) is 18.5 Å². The molecule has 0 saturated heterocycles. The fraction of sp³-hybridized carbons (Fsp3) is 0.0909. The molecule has 0 unspecified atom stereocenters. The summed E-state index contributed by atoms with van der Waals surface area (Å²) in [5, 5.41) is 0.977. The molecule has 2 aromatic heterocycles. The Labute approximate surface area is 169 Å². The summed E-state index contributed by atoms with van der Waals surface area (Å²) < 4.78 is 26.3. The lowest BCUT2D eigenvalue weighted by atomic mass is 9.98. The van der Waals surface area contributed by atoms with Gasteiger partial charge in [0.15, 0.2) is 0 Å². The maximum atomic E-state index is 12.6. The molecule has 2 aromatic carbocycles. The topological polar surface area (TPSA) is 89.2 Å². The van der Waals surface area contributed by atoms with E-state index in [1.807, 2.05) is 54.6 Å². The van der Waals surface area contributed by atoms with E-state index < -0.39 is 10.0 Å². The van der Waals surface area contributed by atoms with Crippen LogP contribution in [0.1, 0.15) is 0 Å². The Balaban J connectivity index is 1.90. The van der Waals surface area contributed by atoms with Gasteiger partial charge in [0.05, 0.1) is 5.52 Å². The molecule has 0 spiro atoms. The van der Waals surface area contributed by atoms with Crippen molar-refractivity contribution in [2.75, 3.05) is 19.8 Å². The Morgan fingerprint density at radius 1 is 0.862 bits per heavy atom. The smallest absolute Gasteiger partial charge is 0.246 e. The van der Waals surface area contributed by atoms with Gasteiger partial charge in [-0.25, -0.2) is 17.7 Å². The van der Waals surface area contributed by atoms with Gasteiger partial charge in [-0.3, -0.25) is 4.98 Å². The van der Waals surface area contributed by atoms with Crippen molar-refractivity contribution in [3.63, 3.8) is 0 Å². The molecular formula is C22H20N4O2S. The molecule has 29 heavy (non-hydrogen) atoms. The number of anilines is 1. The highest BCUT2D eigenvalue weighted by molar-refractivity contribution is 7.89. The number of aromatic nitrogens is 2. The number of fused-ring (bicyclic) bond motifs is 1. The zero-order valence-corrected chi connectivity index (χ0v) is 16.9. The Kier molecular flexibility index (Phi) is 4.77. The molecule has 0 aliphatic heterocycles. The predicted molar refractivity (Wildman–Crippen MR) is 116 cm³/mol. The van der Waals surface area contributed by atoms with Crippen molar-refractivity contribution in [2.45, 2.75) is 4.90 Å². The van der Waals surface area contributed by atoms with E-state index in [9.17, 15) is 8.42 Å². The highest BCUT2D eigenvalue weighted by Gasteiger charge is 2.22. The van der Waals surface area contributed by atoms with Crippen molar-refractivity contribution in [3.05, 3.63) is 73.1 Å². The number of nitrogen functional groups attached to an aromatic ring is 1. The average Bonchev–Trinajstić information content (AvgIpc) is 2.73. The first kappa shape index (κ1) is 19.0. The van der Waals surface area contributed by atoms with Gasteiger partial charge in [0.25, 0.3) is 0 Å². The van der Waals surface area contributed by atoms with Crippen molar-refractivity contribution in [1.82, 2.24) is 14.3 Å². The van der Waals surface area contributed by atoms with Crippen LogP contribution in [0.3, 0.4) is 0 Å². The molecule has 6 nitrogen and oxygen atoms in total. The molecule has 0 amide bonds. The molecule has 4 aromatic rings. The quantitative estimate of drug-likeness (QED) is 0.559. The molecule has 0 bridgehead atoms. The summed E-state index contributed by atoms with van der Waals surface area (Å²) in [6.07, 6.45) is 3.38. The van der Waals surface area contributed by atoms with Gasteiger partial charge >= 0.3 is 0 Å². The van der Waals surface area contributed by atoms with E-state index in [2.05, 4.69) is 9.97 Å². The number of pyridine rings is 2. The Bertz CT molecular complexity index is 1300. The minimum atomic E-state index is -3.70. The van der Waals surface area contributed by atoms with E-state index in [4.69, 9.17) is 5.73 Å². The van der Waals surface area contributed by atoms with E-state index in [0.717, 1.165) is 31.9 Å². The SMILES string of the molecule is CN(C)S(=O)(=O)c1cc(-c2ccc3nccc(-c4ccccc4)c3c2)cnc1N.